The van der Waals surface area contributed by atoms with Crippen molar-refractivity contribution < 1.29 is 27.4 Å². The lowest BCUT2D eigenvalue weighted by Crippen LogP contribution is -2.50. The molecule has 1 heterocycles. The van der Waals surface area contributed by atoms with Gasteiger partial charge in [0, 0.05) is 31.2 Å². The topological polar surface area (TPSA) is 87.1 Å². The third-order valence-electron chi connectivity index (χ3n) is 4.87. The number of carboxylic acid groups (broad SMARTS) is 1. The summed E-state index contributed by atoms with van der Waals surface area (Å²) in [6.45, 7) is 10.3. The van der Waals surface area contributed by atoms with Crippen LogP contribution in [0.25, 0.3) is 0 Å². The van der Waals surface area contributed by atoms with E-state index in [1.54, 1.807) is 0 Å². The minimum absolute atomic E-state index is 0.0355. The summed E-state index contributed by atoms with van der Waals surface area (Å²) in [7, 11) is -2.39. The molecule has 1 aliphatic heterocycles. The lowest BCUT2D eigenvalue weighted by molar-refractivity contribution is -0.134. The van der Waals surface area contributed by atoms with E-state index in [9.17, 15) is 17.6 Å². The first-order valence-corrected chi connectivity index (χ1v) is 10.8. The molecule has 10 heteroatoms. The van der Waals surface area contributed by atoms with Gasteiger partial charge >= 0.3 is 5.97 Å². The summed E-state index contributed by atoms with van der Waals surface area (Å²) in [4.78, 5) is 12.5. The normalized spacial score (nSPS) is 20.4. The molecule has 0 bridgehead atoms. The second kappa shape index (κ2) is 8.12. The van der Waals surface area contributed by atoms with Crippen LogP contribution >= 0.6 is 11.6 Å². The molecule has 0 fully saturated rings. The van der Waals surface area contributed by atoms with Crippen LogP contribution in [0.2, 0.25) is 5.02 Å². The third-order valence-corrected chi connectivity index (χ3v) is 7.08. The maximum Gasteiger partial charge on any atom is 0.368 e. The van der Waals surface area contributed by atoms with Crippen molar-refractivity contribution in [3.05, 3.63) is 29.2 Å². The van der Waals surface area contributed by atoms with Gasteiger partial charge in [-0.2, -0.15) is 8.70 Å². The monoisotopic (exact) mass is 448 g/mol. The minimum Gasteiger partial charge on any atom is -0.476 e. The number of carboxylic acids is 1. The number of aliphatic carboxylic acids is 1. The van der Waals surface area contributed by atoms with Crippen LogP contribution in [0.3, 0.4) is 0 Å². The van der Waals surface area contributed by atoms with Gasteiger partial charge in [-0.3, -0.25) is 0 Å². The molecule has 2 rings (SSSR count). The van der Waals surface area contributed by atoms with Gasteiger partial charge in [-0.1, -0.05) is 25.4 Å². The van der Waals surface area contributed by atoms with E-state index in [-0.39, 0.29) is 27.6 Å². The summed E-state index contributed by atoms with van der Waals surface area (Å²) < 4.78 is 46.3. The summed E-state index contributed by atoms with van der Waals surface area (Å²) in [5.41, 5.74) is -0.00333. The molecule has 0 amide bonds. The van der Waals surface area contributed by atoms with Crippen LogP contribution in [0.4, 0.5) is 10.1 Å². The second-order valence-electron chi connectivity index (χ2n) is 8.25. The number of fused-ring (bicyclic) bond motifs is 1. The fourth-order valence-electron chi connectivity index (χ4n) is 3.20. The number of anilines is 1. The molecule has 1 atom stereocenters. The third kappa shape index (κ3) is 4.67. The number of rotatable bonds is 4. The van der Waals surface area contributed by atoms with E-state index in [2.05, 4.69) is 0 Å². The highest BCUT2D eigenvalue weighted by Crippen LogP contribution is 2.42. The smallest absolute Gasteiger partial charge is 0.368 e. The van der Waals surface area contributed by atoms with Crippen molar-refractivity contribution in [2.24, 2.45) is 5.92 Å². The SMILES string of the molecule is CC(C)[C@@H]1CN(C(C)(C)C)c2cc(Cl)c(O/C=C(\F)C(=O)O)cc2S(=O)(=O)N1C. The molecule has 0 saturated carbocycles. The van der Waals surface area contributed by atoms with E-state index >= 15 is 0 Å². The predicted octanol–water partition coefficient (Wildman–Crippen LogP) is 3.88. The molecule has 29 heavy (non-hydrogen) atoms. The van der Waals surface area contributed by atoms with Gasteiger partial charge in [0.15, 0.2) is 0 Å². The van der Waals surface area contributed by atoms with Gasteiger partial charge < -0.3 is 14.7 Å². The highest BCUT2D eigenvalue weighted by atomic mass is 35.5. The Morgan fingerprint density at radius 1 is 1.38 bits per heavy atom. The van der Waals surface area contributed by atoms with Crippen molar-refractivity contribution in [2.75, 3.05) is 18.5 Å². The Kier molecular flexibility index (Phi) is 6.56. The Morgan fingerprint density at radius 3 is 2.45 bits per heavy atom. The van der Waals surface area contributed by atoms with E-state index in [1.807, 2.05) is 39.5 Å². The predicted molar refractivity (Wildman–Crippen MR) is 110 cm³/mol. The van der Waals surface area contributed by atoms with Gasteiger partial charge in [-0.25, -0.2) is 13.2 Å². The number of nitrogens with zero attached hydrogens (tertiary/aromatic N) is 2. The molecule has 0 spiro atoms. The van der Waals surface area contributed by atoms with Crippen LogP contribution < -0.4 is 9.64 Å². The fraction of sp³-hybridized carbons (Fsp3) is 0.526. The van der Waals surface area contributed by atoms with Gasteiger partial charge in [0.05, 0.1) is 10.7 Å². The second-order valence-corrected chi connectivity index (χ2v) is 10.6. The molecule has 1 aliphatic rings. The van der Waals surface area contributed by atoms with Crippen LogP contribution in [0.1, 0.15) is 34.6 Å². The number of hydrogen-bond donors (Lipinski definition) is 1. The van der Waals surface area contributed by atoms with Crippen molar-refractivity contribution in [3.8, 4) is 5.75 Å². The van der Waals surface area contributed by atoms with Crippen molar-refractivity contribution in [1.29, 1.82) is 0 Å². The Balaban J connectivity index is 2.72. The largest absolute Gasteiger partial charge is 0.476 e. The Bertz CT molecular complexity index is 941. The number of sulfonamides is 1. The molecule has 0 aromatic heterocycles. The lowest BCUT2D eigenvalue weighted by Gasteiger charge is -2.40. The summed E-state index contributed by atoms with van der Waals surface area (Å²) in [6.07, 6.45) is 0.376. The molecule has 0 unspecified atom stereocenters. The van der Waals surface area contributed by atoms with Crippen molar-refractivity contribution in [2.45, 2.75) is 51.1 Å². The number of halogens is 2. The molecule has 0 radical (unpaired) electrons. The maximum absolute atomic E-state index is 13.3. The number of ether oxygens (including phenoxy) is 1. The van der Waals surface area contributed by atoms with Crippen LogP contribution in [0.5, 0.6) is 5.75 Å². The molecule has 1 aromatic rings. The zero-order chi connectivity index (χ0) is 22.3. The Hall–Kier alpha value is -1.84. The fourth-order valence-corrected chi connectivity index (χ4v) is 5.07. The number of carbonyl (C=O) groups is 1. The van der Waals surface area contributed by atoms with E-state index in [0.717, 1.165) is 0 Å². The van der Waals surface area contributed by atoms with Crippen LogP contribution in [-0.4, -0.2) is 49.0 Å². The Morgan fingerprint density at radius 2 is 1.97 bits per heavy atom. The maximum atomic E-state index is 13.3. The first-order valence-electron chi connectivity index (χ1n) is 9.02. The van der Waals surface area contributed by atoms with E-state index in [0.29, 0.717) is 18.5 Å². The highest BCUT2D eigenvalue weighted by Gasteiger charge is 2.41. The summed E-state index contributed by atoms with van der Waals surface area (Å²) in [5.74, 6) is -3.45. The first kappa shape index (κ1) is 23.4. The average molecular weight is 449 g/mol. The number of likely N-dealkylation sites (N-methyl/N-ethyl adjacent to an activating group) is 1. The molecular formula is C19H26ClFN2O5S. The molecule has 0 saturated heterocycles. The van der Waals surface area contributed by atoms with Crippen LogP contribution in [0.15, 0.2) is 29.1 Å². The van der Waals surface area contributed by atoms with Gasteiger partial charge in [0.25, 0.3) is 0 Å². The van der Waals surface area contributed by atoms with Crippen LogP contribution in [-0.2, 0) is 14.8 Å². The first-order chi connectivity index (χ1) is 13.2. The van der Waals surface area contributed by atoms with E-state index < -0.39 is 27.4 Å². The summed E-state index contributed by atoms with van der Waals surface area (Å²) in [6, 6.07) is 2.37. The highest BCUT2D eigenvalue weighted by molar-refractivity contribution is 7.89. The van der Waals surface area contributed by atoms with Crippen molar-refractivity contribution in [3.63, 3.8) is 0 Å². The molecule has 1 aromatic carbocycles. The number of benzene rings is 1. The molecule has 1 N–H and O–H groups in total. The van der Waals surface area contributed by atoms with E-state index in [4.69, 9.17) is 21.4 Å². The zero-order valence-corrected chi connectivity index (χ0v) is 18.8. The number of hydrogen-bond acceptors (Lipinski definition) is 5. The zero-order valence-electron chi connectivity index (χ0n) is 17.2. The standard InChI is InChI=1S/C19H26ClFN2O5S/c1-11(2)15-9-23(19(3,4)5)14-7-12(20)16(28-10-13(21)18(24)25)8-17(14)29(26,27)22(15)6/h7-8,10-11,15H,9H2,1-6H3,(H,24,25)/b13-10-/t15-/m0/s1. The quantitative estimate of drug-likeness (QED) is 0.555. The summed E-state index contributed by atoms with van der Waals surface area (Å²) in [5, 5.41) is 8.65. The summed E-state index contributed by atoms with van der Waals surface area (Å²) >= 11 is 6.26. The van der Waals surface area contributed by atoms with Gasteiger partial charge in [-0.05, 0) is 32.8 Å². The van der Waals surface area contributed by atoms with Crippen molar-refractivity contribution >= 4 is 33.3 Å². The molecular weight excluding hydrogens is 423 g/mol. The Labute approximate surface area is 175 Å². The molecule has 7 nitrogen and oxygen atoms in total. The average Bonchev–Trinajstić information content (AvgIpc) is 2.66. The minimum atomic E-state index is -3.92. The molecule has 0 aliphatic carbocycles. The van der Waals surface area contributed by atoms with Crippen LogP contribution in [0, 0.1) is 5.92 Å². The van der Waals surface area contributed by atoms with Gasteiger partial charge in [-0.15, -0.1) is 0 Å². The van der Waals surface area contributed by atoms with Gasteiger partial charge in [0.2, 0.25) is 15.9 Å². The molecule has 162 valence electrons. The van der Waals surface area contributed by atoms with E-state index in [1.165, 1.54) is 23.5 Å². The van der Waals surface area contributed by atoms with Crippen molar-refractivity contribution in [1.82, 2.24) is 4.31 Å². The lowest BCUT2D eigenvalue weighted by atomic mass is 9.98. The van der Waals surface area contributed by atoms with Gasteiger partial charge in [0.1, 0.15) is 16.9 Å².